The van der Waals surface area contributed by atoms with Gasteiger partial charge in [-0.15, -0.1) is 0 Å². The summed E-state index contributed by atoms with van der Waals surface area (Å²) in [5.74, 6) is -0.848. The van der Waals surface area contributed by atoms with E-state index in [9.17, 15) is 14.4 Å². The summed E-state index contributed by atoms with van der Waals surface area (Å²) in [6.45, 7) is 2.78. The average molecular weight is 460 g/mol. The van der Waals surface area contributed by atoms with Gasteiger partial charge in [0.05, 0.1) is 35.3 Å². The van der Waals surface area contributed by atoms with Crippen molar-refractivity contribution in [2.75, 3.05) is 18.0 Å². The van der Waals surface area contributed by atoms with Crippen molar-refractivity contribution >= 4 is 23.5 Å². The fraction of sp³-hybridized carbons (Fsp3) is 0.381. The summed E-state index contributed by atoms with van der Waals surface area (Å²) >= 11 is 6.06. The summed E-state index contributed by atoms with van der Waals surface area (Å²) in [6, 6.07) is 3.34. The van der Waals surface area contributed by atoms with E-state index in [1.165, 1.54) is 0 Å². The molecule has 32 heavy (non-hydrogen) atoms. The van der Waals surface area contributed by atoms with Crippen LogP contribution < -0.4 is 4.90 Å². The third-order valence-electron chi connectivity index (χ3n) is 5.59. The highest BCUT2D eigenvalue weighted by atomic mass is 35.5. The second-order valence-electron chi connectivity index (χ2n) is 7.76. The zero-order valence-corrected chi connectivity index (χ0v) is 18.5. The summed E-state index contributed by atoms with van der Waals surface area (Å²) in [4.78, 5) is 27.3. The zero-order chi connectivity index (χ0) is 22.8. The van der Waals surface area contributed by atoms with Gasteiger partial charge in [-0.2, -0.15) is 5.10 Å². The van der Waals surface area contributed by atoms with Crippen LogP contribution >= 0.6 is 11.6 Å². The number of hydroxylamine groups is 2. The Labute approximate surface area is 189 Å². The summed E-state index contributed by atoms with van der Waals surface area (Å²) in [5.41, 5.74) is 2.04. The van der Waals surface area contributed by atoms with Gasteiger partial charge in [0, 0.05) is 32.3 Å². The first kappa shape index (κ1) is 22.1. The SMILES string of the molecule is Cc1cnn(C)c1-c1nc(N2CCC(C(=O)N(O)Cc3ncccc3Cl)CC2)ncc1F. The molecule has 9 nitrogen and oxygen atoms in total. The van der Waals surface area contributed by atoms with E-state index >= 15 is 0 Å². The van der Waals surface area contributed by atoms with Crippen LogP contribution in [0.15, 0.2) is 30.7 Å². The number of anilines is 1. The summed E-state index contributed by atoms with van der Waals surface area (Å²) in [7, 11) is 1.74. The van der Waals surface area contributed by atoms with Crippen LogP contribution in [0.4, 0.5) is 10.3 Å². The van der Waals surface area contributed by atoms with Gasteiger partial charge < -0.3 is 4.90 Å². The van der Waals surface area contributed by atoms with Crippen molar-refractivity contribution in [3.8, 4) is 11.4 Å². The minimum atomic E-state index is -0.519. The molecule has 1 N–H and O–H groups in total. The molecule has 3 aromatic heterocycles. The third kappa shape index (κ3) is 4.42. The van der Waals surface area contributed by atoms with Gasteiger partial charge in [-0.05, 0) is 37.5 Å². The van der Waals surface area contributed by atoms with Crippen molar-refractivity contribution in [1.29, 1.82) is 0 Å². The van der Waals surface area contributed by atoms with E-state index < -0.39 is 5.82 Å². The van der Waals surface area contributed by atoms with Crippen molar-refractivity contribution in [3.05, 3.63) is 52.8 Å². The van der Waals surface area contributed by atoms with Gasteiger partial charge in [0.15, 0.2) is 5.82 Å². The Morgan fingerprint density at radius 1 is 1.31 bits per heavy atom. The highest BCUT2D eigenvalue weighted by Gasteiger charge is 2.30. The number of rotatable bonds is 5. The van der Waals surface area contributed by atoms with Crippen LogP contribution in [0.3, 0.4) is 0 Å². The van der Waals surface area contributed by atoms with Crippen molar-refractivity contribution in [1.82, 2.24) is 29.8 Å². The Hall–Kier alpha value is -3.11. The summed E-state index contributed by atoms with van der Waals surface area (Å²) in [6.07, 6.45) is 5.39. The molecule has 0 bridgehead atoms. The number of hydrogen-bond donors (Lipinski definition) is 1. The Balaban J connectivity index is 1.42. The lowest BCUT2D eigenvalue weighted by atomic mass is 9.96. The van der Waals surface area contributed by atoms with E-state index in [2.05, 4.69) is 20.1 Å². The molecule has 4 rings (SSSR count). The van der Waals surface area contributed by atoms with E-state index in [-0.39, 0.29) is 24.1 Å². The molecule has 1 aliphatic heterocycles. The number of aromatic nitrogens is 5. The number of halogens is 2. The molecule has 1 saturated heterocycles. The quantitative estimate of drug-likeness (QED) is 0.462. The molecular formula is C21H23ClFN7O2. The van der Waals surface area contributed by atoms with Crippen LogP contribution in [-0.4, -0.2) is 54.0 Å². The minimum absolute atomic E-state index is 0.0762. The topological polar surface area (TPSA) is 100 Å². The highest BCUT2D eigenvalue weighted by Crippen LogP contribution is 2.27. The van der Waals surface area contributed by atoms with Crippen molar-refractivity contribution in [2.24, 2.45) is 13.0 Å². The number of hydrogen-bond acceptors (Lipinski definition) is 7. The third-order valence-corrected chi connectivity index (χ3v) is 5.94. The lowest BCUT2D eigenvalue weighted by Crippen LogP contribution is -2.42. The first-order chi connectivity index (χ1) is 15.3. The number of piperidine rings is 1. The van der Waals surface area contributed by atoms with E-state index in [1.54, 1.807) is 36.3 Å². The monoisotopic (exact) mass is 459 g/mol. The largest absolute Gasteiger partial charge is 0.341 e. The van der Waals surface area contributed by atoms with E-state index in [1.807, 2.05) is 11.8 Å². The number of carbonyl (C=O) groups is 1. The molecular weight excluding hydrogens is 437 g/mol. The molecule has 0 radical (unpaired) electrons. The van der Waals surface area contributed by atoms with Crippen molar-refractivity contribution < 1.29 is 14.4 Å². The van der Waals surface area contributed by atoms with E-state index in [0.717, 1.165) is 11.8 Å². The van der Waals surface area contributed by atoms with Gasteiger partial charge in [-0.3, -0.25) is 19.7 Å². The molecule has 3 aromatic rings. The Bertz CT molecular complexity index is 1110. The highest BCUT2D eigenvalue weighted by molar-refractivity contribution is 6.31. The molecule has 0 spiro atoms. The lowest BCUT2D eigenvalue weighted by molar-refractivity contribution is -0.173. The minimum Gasteiger partial charge on any atom is -0.341 e. The molecule has 0 aromatic carbocycles. The number of carbonyl (C=O) groups excluding carboxylic acids is 1. The van der Waals surface area contributed by atoms with Gasteiger partial charge in [0.2, 0.25) is 11.9 Å². The predicted molar refractivity (Wildman–Crippen MR) is 115 cm³/mol. The standard InChI is InChI=1S/C21H23ClFN7O2/c1-13-10-26-28(2)19(13)18-16(23)11-25-21(27-18)29-8-5-14(6-9-29)20(31)30(32)12-17-15(22)4-3-7-24-17/h3-4,7,10-11,14,32H,5-6,8-9,12H2,1-2H3. The van der Waals surface area contributed by atoms with Crippen LogP contribution in [0, 0.1) is 18.7 Å². The van der Waals surface area contributed by atoms with Gasteiger partial charge in [0.1, 0.15) is 5.69 Å². The van der Waals surface area contributed by atoms with Crippen LogP contribution in [0.1, 0.15) is 24.1 Å². The van der Waals surface area contributed by atoms with Gasteiger partial charge in [-0.25, -0.2) is 19.4 Å². The zero-order valence-electron chi connectivity index (χ0n) is 17.7. The Morgan fingerprint density at radius 2 is 2.06 bits per heavy atom. The molecule has 0 saturated carbocycles. The maximum absolute atomic E-state index is 14.4. The molecule has 168 valence electrons. The second-order valence-corrected chi connectivity index (χ2v) is 8.16. The first-order valence-electron chi connectivity index (χ1n) is 10.2. The smallest absolute Gasteiger partial charge is 0.249 e. The van der Waals surface area contributed by atoms with Crippen LogP contribution in [0.25, 0.3) is 11.4 Å². The molecule has 0 unspecified atom stereocenters. The Kier molecular flexibility index (Phi) is 6.33. The maximum atomic E-state index is 14.4. The molecule has 1 aliphatic rings. The van der Waals surface area contributed by atoms with Crippen molar-refractivity contribution in [2.45, 2.75) is 26.3 Å². The number of aryl methyl sites for hydroxylation is 2. The van der Waals surface area contributed by atoms with Crippen molar-refractivity contribution in [3.63, 3.8) is 0 Å². The van der Waals surface area contributed by atoms with Gasteiger partial charge >= 0.3 is 0 Å². The molecule has 0 aliphatic carbocycles. The maximum Gasteiger partial charge on any atom is 0.249 e. The fourth-order valence-corrected chi connectivity index (χ4v) is 4.04. The summed E-state index contributed by atoms with van der Waals surface area (Å²) < 4.78 is 16.0. The van der Waals surface area contributed by atoms with Gasteiger partial charge in [-0.1, -0.05) is 11.6 Å². The normalized spacial score (nSPS) is 14.6. The lowest BCUT2D eigenvalue weighted by Gasteiger charge is -2.32. The number of amides is 1. The molecule has 1 amide bonds. The molecule has 0 atom stereocenters. The van der Waals surface area contributed by atoms with Crippen LogP contribution in [0.2, 0.25) is 5.02 Å². The summed E-state index contributed by atoms with van der Waals surface area (Å²) in [5, 5.41) is 15.5. The molecule has 1 fully saturated rings. The van der Waals surface area contributed by atoms with E-state index in [4.69, 9.17) is 11.6 Å². The van der Waals surface area contributed by atoms with Crippen LogP contribution in [-0.2, 0) is 18.4 Å². The second kappa shape index (κ2) is 9.17. The Morgan fingerprint density at radius 3 is 2.72 bits per heavy atom. The number of nitrogens with zero attached hydrogens (tertiary/aromatic N) is 7. The first-order valence-corrected chi connectivity index (χ1v) is 10.6. The van der Waals surface area contributed by atoms with E-state index in [0.29, 0.717) is 53.4 Å². The molecule has 4 heterocycles. The predicted octanol–water partition coefficient (Wildman–Crippen LogP) is 3.01. The van der Waals surface area contributed by atoms with Gasteiger partial charge in [0.25, 0.3) is 0 Å². The van der Waals surface area contributed by atoms with Crippen LogP contribution in [0.5, 0.6) is 0 Å². The number of pyridine rings is 1. The molecule has 11 heteroatoms. The average Bonchev–Trinajstić information content (AvgIpc) is 3.13. The fourth-order valence-electron chi connectivity index (χ4n) is 3.86.